The zero-order valence-electron chi connectivity index (χ0n) is 16.1. The molecule has 0 bridgehead atoms. The zero-order chi connectivity index (χ0) is 19.7. The van der Waals surface area contributed by atoms with Crippen molar-refractivity contribution in [3.8, 4) is 0 Å². The predicted molar refractivity (Wildman–Crippen MR) is 105 cm³/mol. The summed E-state index contributed by atoms with van der Waals surface area (Å²) < 4.78 is 28.4. The van der Waals surface area contributed by atoms with Crippen molar-refractivity contribution in [2.45, 2.75) is 52.0 Å². The molecule has 0 aliphatic rings. The van der Waals surface area contributed by atoms with Gasteiger partial charge in [-0.1, -0.05) is 23.8 Å². The topological polar surface area (TPSA) is 75.3 Å². The number of carbonyl (C=O) groups excluding carboxylic acids is 1. The maximum atomic E-state index is 12.9. The third-order valence-electron chi connectivity index (χ3n) is 3.85. The lowest BCUT2D eigenvalue weighted by Gasteiger charge is -2.21. The number of benzene rings is 2. The molecule has 1 amide bonds. The molecule has 0 saturated heterocycles. The lowest BCUT2D eigenvalue weighted by Crippen LogP contribution is -2.40. The van der Waals surface area contributed by atoms with E-state index in [1.165, 1.54) is 6.07 Å². The summed E-state index contributed by atoms with van der Waals surface area (Å²) in [5.74, 6) is -0.305. The molecule has 0 aromatic heterocycles. The molecule has 0 fully saturated rings. The Morgan fingerprint density at radius 2 is 1.58 bits per heavy atom. The van der Waals surface area contributed by atoms with Crippen molar-refractivity contribution >= 4 is 21.6 Å². The molecule has 0 aliphatic carbocycles. The Bertz CT molecular complexity index is 942. The maximum absolute atomic E-state index is 12.9. The molecule has 2 aromatic carbocycles. The average molecular weight is 375 g/mol. The molecule has 0 radical (unpaired) electrons. The molecular formula is C20H26N2O3S. The van der Waals surface area contributed by atoms with Gasteiger partial charge in [-0.25, -0.2) is 8.42 Å². The average Bonchev–Trinajstić information content (AvgIpc) is 2.48. The largest absolute Gasteiger partial charge is 0.347 e. The van der Waals surface area contributed by atoms with E-state index >= 15 is 0 Å². The molecule has 2 N–H and O–H groups in total. The van der Waals surface area contributed by atoms with Crippen LogP contribution < -0.4 is 10.0 Å². The second kappa shape index (κ2) is 7.11. The van der Waals surface area contributed by atoms with Crippen LogP contribution in [0, 0.1) is 20.8 Å². The second-order valence-corrected chi connectivity index (χ2v) is 9.26. The number of hydrogen-bond acceptors (Lipinski definition) is 3. The Morgan fingerprint density at radius 3 is 2.15 bits per heavy atom. The number of aryl methyl sites for hydroxylation is 3. The van der Waals surface area contributed by atoms with Crippen molar-refractivity contribution < 1.29 is 13.2 Å². The lowest BCUT2D eigenvalue weighted by molar-refractivity contribution is 0.0919. The summed E-state index contributed by atoms with van der Waals surface area (Å²) in [5.41, 5.74) is 2.91. The molecule has 5 nitrogen and oxygen atoms in total. The summed E-state index contributed by atoms with van der Waals surface area (Å²) in [5, 5.41) is 2.84. The van der Waals surface area contributed by atoms with Crippen LogP contribution >= 0.6 is 0 Å². The minimum absolute atomic E-state index is 0.0963. The summed E-state index contributed by atoms with van der Waals surface area (Å²) in [4.78, 5) is 12.5. The molecule has 0 atom stereocenters. The summed E-state index contributed by atoms with van der Waals surface area (Å²) in [6.07, 6.45) is 0. The Morgan fingerprint density at radius 1 is 0.923 bits per heavy atom. The number of rotatable bonds is 4. The van der Waals surface area contributed by atoms with E-state index in [4.69, 9.17) is 0 Å². The highest BCUT2D eigenvalue weighted by molar-refractivity contribution is 7.92. The van der Waals surface area contributed by atoms with E-state index in [0.717, 1.165) is 11.1 Å². The van der Waals surface area contributed by atoms with Gasteiger partial charge in [-0.15, -0.1) is 0 Å². The van der Waals surface area contributed by atoms with Crippen molar-refractivity contribution in [2.75, 3.05) is 4.72 Å². The van der Waals surface area contributed by atoms with Gasteiger partial charge in [-0.3, -0.25) is 9.52 Å². The molecule has 0 unspecified atom stereocenters. The first-order valence-corrected chi connectivity index (χ1v) is 9.90. The van der Waals surface area contributed by atoms with Crippen LogP contribution in [0.15, 0.2) is 41.3 Å². The molecule has 0 heterocycles. The van der Waals surface area contributed by atoms with Gasteiger partial charge in [0, 0.05) is 11.1 Å². The molecule has 0 aliphatic heterocycles. The van der Waals surface area contributed by atoms with Crippen LogP contribution in [-0.4, -0.2) is 19.9 Å². The predicted octanol–water partition coefficient (Wildman–Crippen LogP) is 3.94. The monoisotopic (exact) mass is 374 g/mol. The fourth-order valence-electron chi connectivity index (χ4n) is 2.57. The first-order chi connectivity index (χ1) is 11.9. The van der Waals surface area contributed by atoms with Crippen LogP contribution in [0.1, 0.15) is 47.8 Å². The third kappa shape index (κ3) is 4.85. The Balaban J connectivity index is 2.39. The molecule has 2 rings (SSSR count). The van der Waals surface area contributed by atoms with Gasteiger partial charge in [0.25, 0.3) is 15.9 Å². The standard InChI is InChI=1S/C20H26N2O3S/c1-13-7-10-17(15(3)11-13)22-26(24,25)18-12-16(9-8-14(18)2)19(23)21-20(4,5)6/h7-12,22H,1-6H3,(H,21,23). The van der Waals surface area contributed by atoms with E-state index in [-0.39, 0.29) is 10.8 Å². The first kappa shape index (κ1) is 20.0. The Labute approximate surface area is 155 Å². The SMILES string of the molecule is Cc1ccc(NS(=O)(=O)c2cc(C(=O)NC(C)(C)C)ccc2C)c(C)c1. The van der Waals surface area contributed by atoms with Crippen LogP contribution in [0.5, 0.6) is 0 Å². The van der Waals surface area contributed by atoms with Crippen LogP contribution in [-0.2, 0) is 10.0 Å². The number of amides is 1. The van der Waals surface area contributed by atoms with Crippen LogP contribution in [0.4, 0.5) is 5.69 Å². The number of hydrogen-bond donors (Lipinski definition) is 2. The molecule has 0 saturated carbocycles. The van der Waals surface area contributed by atoms with Crippen LogP contribution in [0.25, 0.3) is 0 Å². The van der Waals surface area contributed by atoms with E-state index in [9.17, 15) is 13.2 Å². The number of nitrogens with one attached hydrogen (secondary N) is 2. The normalized spacial score (nSPS) is 11.9. The quantitative estimate of drug-likeness (QED) is 0.851. The van der Waals surface area contributed by atoms with Crippen LogP contribution in [0.3, 0.4) is 0 Å². The zero-order valence-corrected chi connectivity index (χ0v) is 16.9. The van der Waals surface area contributed by atoms with Gasteiger partial charge >= 0.3 is 0 Å². The van der Waals surface area contributed by atoms with Gasteiger partial charge in [0.2, 0.25) is 0 Å². The van der Waals surface area contributed by atoms with Crippen molar-refractivity contribution in [3.05, 3.63) is 58.7 Å². The third-order valence-corrected chi connectivity index (χ3v) is 5.36. The summed E-state index contributed by atoms with van der Waals surface area (Å²) >= 11 is 0. The number of anilines is 1. The van der Waals surface area contributed by atoms with E-state index in [2.05, 4.69) is 10.0 Å². The molecule has 26 heavy (non-hydrogen) atoms. The molecule has 0 spiro atoms. The first-order valence-electron chi connectivity index (χ1n) is 8.42. The maximum Gasteiger partial charge on any atom is 0.262 e. The minimum Gasteiger partial charge on any atom is -0.347 e. The van der Waals surface area contributed by atoms with Gasteiger partial charge in [0.1, 0.15) is 0 Å². The van der Waals surface area contributed by atoms with E-state index < -0.39 is 15.6 Å². The van der Waals surface area contributed by atoms with Crippen molar-refractivity contribution in [1.82, 2.24) is 5.32 Å². The van der Waals surface area contributed by atoms with E-state index in [1.54, 1.807) is 25.1 Å². The van der Waals surface area contributed by atoms with E-state index in [1.807, 2.05) is 46.8 Å². The van der Waals surface area contributed by atoms with E-state index in [0.29, 0.717) is 16.8 Å². The molecule has 2 aromatic rings. The van der Waals surface area contributed by atoms with Gasteiger partial charge in [-0.05, 0) is 70.9 Å². The highest BCUT2D eigenvalue weighted by Crippen LogP contribution is 2.23. The van der Waals surface area contributed by atoms with Crippen LogP contribution in [0.2, 0.25) is 0 Å². The van der Waals surface area contributed by atoms with Gasteiger partial charge in [-0.2, -0.15) is 0 Å². The highest BCUT2D eigenvalue weighted by atomic mass is 32.2. The summed E-state index contributed by atoms with van der Waals surface area (Å²) in [6, 6.07) is 10.2. The fourth-order valence-corrected chi connectivity index (χ4v) is 3.97. The van der Waals surface area contributed by atoms with Crippen molar-refractivity contribution in [3.63, 3.8) is 0 Å². The smallest absolute Gasteiger partial charge is 0.262 e. The van der Waals surface area contributed by atoms with Gasteiger partial charge in [0.15, 0.2) is 0 Å². The molecular weight excluding hydrogens is 348 g/mol. The lowest BCUT2D eigenvalue weighted by atomic mass is 10.1. The highest BCUT2D eigenvalue weighted by Gasteiger charge is 2.21. The second-order valence-electron chi connectivity index (χ2n) is 7.61. The Hall–Kier alpha value is -2.34. The fraction of sp³-hybridized carbons (Fsp3) is 0.350. The Kier molecular flexibility index (Phi) is 5.47. The van der Waals surface area contributed by atoms with Gasteiger partial charge < -0.3 is 5.32 Å². The summed E-state index contributed by atoms with van der Waals surface area (Å²) in [6.45, 7) is 11.1. The van der Waals surface area contributed by atoms with Gasteiger partial charge in [0.05, 0.1) is 10.6 Å². The minimum atomic E-state index is -3.81. The number of sulfonamides is 1. The summed E-state index contributed by atoms with van der Waals surface area (Å²) in [7, 11) is -3.81. The number of carbonyl (C=O) groups is 1. The van der Waals surface area contributed by atoms with Crippen molar-refractivity contribution in [1.29, 1.82) is 0 Å². The molecule has 140 valence electrons. The van der Waals surface area contributed by atoms with Crippen molar-refractivity contribution in [2.24, 2.45) is 0 Å². The molecule has 6 heteroatoms.